The smallest absolute Gasteiger partial charge is 0.162 e. The van der Waals surface area contributed by atoms with Crippen molar-refractivity contribution >= 4 is 29.1 Å². The molecule has 0 spiro atoms. The van der Waals surface area contributed by atoms with Gasteiger partial charge in [0.05, 0.1) is 24.9 Å². The Kier molecular flexibility index (Phi) is 5.65. The number of hydrogen-bond donors (Lipinski definition) is 1. The van der Waals surface area contributed by atoms with Crippen molar-refractivity contribution in [1.29, 1.82) is 0 Å². The Morgan fingerprint density at radius 3 is 2.24 bits per heavy atom. The molecule has 0 saturated carbocycles. The zero-order chi connectivity index (χ0) is 15.2. The molecule has 5 heteroatoms. The Balaban J connectivity index is 2.11. The van der Waals surface area contributed by atoms with Crippen LogP contribution in [0.5, 0.6) is 11.5 Å². The molecule has 0 fully saturated rings. The molecule has 0 aromatic heterocycles. The van der Waals surface area contributed by atoms with E-state index in [0.717, 1.165) is 5.69 Å². The van der Waals surface area contributed by atoms with E-state index in [-0.39, 0.29) is 0 Å². The standard InChI is InChI=1S/C16H18ClNO2S/c1-19-15-8-13(17)14(9-16(15)20-2)18-10-11-4-6-12(21-3)7-5-11/h4-9,18H,10H2,1-3H3. The second-order valence-corrected chi connectivity index (χ2v) is 5.68. The number of nitrogens with one attached hydrogen (secondary N) is 1. The fourth-order valence-corrected chi connectivity index (χ4v) is 2.56. The molecule has 0 heterocycles. The number of benzene rings is 2. The van der Waals surface area contributed by atoms with Crippen LogP contribution in [0, 0.1) is 0 Å². The summed E-state index contributed by atoms with van der Waals surface area (Å²) in [7, 11) is 3.20. The van der Waals surface area contributed by atoms with Crippen molar-refractivity contribution in [2.75, 3.05) is 25.8 Å². The first-order valence-electron chi connectivity index (χ1n) is 6.46. The lowest BCUT2D eigenvalue weighted by molar-refractivity contribution is 0.355. The van der Waals surface area contributed by atoms with Crippen molar-refractivity contribution in [2.24, 2.45) is 0 Å². The molecule has 2 rings (SSSR count). The lowest BCUT2D eigenvalue weighted by atomic mass is 10.2. The second kappa shape index (κ2) is 7.48. The maximum atomic E-state index is 6.25. The van der Waals surface area contributed by atoms with Crippen LogP contribution in [-0.2, 0) is 6.54 Å². The molecular formula is C16H18ClNO2S. The third kappa shape index (κ3) is 3.99. The highest BCUT2D eigenvalue weighted by molar-refractivity contribution is 7.98. The highest BCUT2D eigenvalue weighted by Gasteiger charge is 2.09. The molecule has 1 N–H and O–H groups in total. The first-order chi connectivity index (χ1) is 10.2. The van der Waals surface area contributed by atoms with Gasteiger partial charge in [0.2, 0.25) is 0 Å². The van der Waals surface area contributed by atoms with Crippen LogP contribution in [0.3, 0.4) is 0 Å². The summed E-state index contributed by atoms with van der Waals surface area (Å²) in [5.41, 5.74) is 2.02. The number of methoxy groups -OCH3 is 2. The molecule has 0 radical (unpaired) electrons. The third-order valence-electron chi connectivity index (χ3n) is 3.12. The van der Waals surface area contributed by atoms with Crippen molar-refractivity contribution in [3.63, 3.8) is 0 Å². The lowest BCUT2D eigenvalue weighted by Crippen LogP contribution is -2.01. The summed E-state index contributed by atoms with van der Waals surface area (Å²) < 4.78 is 10.5. The van der Waals surface area contributed by atoms with E-state index in [1.807, 2.05) is 6.07 Å². The third-order valence-corrected chi connectivity index (χ3v) is 4.17. The molecule has 0 aliphatic carbocycles. The van der Waals surface area contributed by atoms with Gasteiger partial charge in [-0.05, 0) is 24.0 Å². The Labute approximate surface area is 134 Å². The molecule has 0 unspecified atom stereocenters. The minimum atomic E-state index is 0.605. The van der Waals surface area contributed by atoms with Crippen molar-refractivity contribution in [2.45, 2.75) is 11.4 Å². The Morgan fingerprint density at radius 1 is 1.05 bits per heavy atom. The highest BCUT2D eigenvalue weighted by atomic mass is 35.5. The fourth-order valence-electron chi connectivity index (χ4n) is 1.93. The average Bonchev–Trinajstić information content (AvgIpc) is 2.53. The largest absolute Gasteiger partial charge is 0.493 e. The predicted molar refractivity (Wildman–Crippen MR) is 90.1 cm³/mol. The number of ether oxygens (including phenoxy) is 2. The minimum absolute atomic E-state index is 0.605. The van der Waals surface area contributed by atoms with Crippen LogP contribution in [0.15, 0.2) is 41.3 Å². The van der Waals surface area contributed by atoms with E-state index >= 15 is 0 Å². The molecule has 2 aromatic carbocycles. The number of rotatable bonds is 6. The number of anilines is 1. The van der Waals surface area contributed by atoms with E-state index in [9.17, 15) is 0 Å². The van der Waals surface area contributed by atoms with Gasteiger partial charge in [-0.1, -0.05) is 23.7 Å². The van der Waals surface area contributed by atoms with Crippen LogP contribution < -0.4 is 14.8 Å². The van der Waals surface area contributed by atoms with Gasteiger partial charge in [0.15, 0.2) is 11.5 Å². The quantitative estimate of drug-likeness (QED) is 0.781. The van der Waals surface area contributed by atoms with Crippen LogP contribution in [0.4, 0.5) is 5.69 Å². The number of thioether (sulfide) groups is 1. The summed E-state index contributed by atoms with van der Waals surface area (Å²) in [4.78, 5) is 1.25. The van der Waals surface area contributed by atoms with E-state index in [0.29, 0.717) is 23.1 Å². The van der Waals surface area contributed by atoms with Gasteiger partial charge < -0.3 is 14.8 Å². The van der Waals surface area contributed by atoms with E-state index in [1.165, 1.54) is 10.5 Å². The minimum Gasteiger partial charge on any atom is -0.493 e. The van der Waals surface area contributed by atoms with Gasteiger partial charge in [-0.2, -0.15) is 0 Å². The fraction of sp³-hybridized carbons (Fsp3) is 0.250. The molecule has 0 atom stereocenters. The summed E-state index contributed by atoms with van der Waals surface area (Å²) in [6.45, 7) is 0.698. The summed E-state index contributed by atoms with van der Waals surface area (Å²) in [5, 5.41) is 3.92. The molecule has 3 nitrogen and oxygen atoms in total. The van der Waals surface area contributed by atoms with Gasteiger partial charge in [-0.3, -0.25) is 0 Å². The zero-order valence-electron chi connectivity index (χ0n) is 12.3. The molecule has 0 bridgehead atoms. The van der Waals surface area contributed by atoms with E-state index in [2.05, 4.69) is 35.8 Å². The Hall–Kier alpha value is -1.52. The summed E-state index contributed by atoms with van der Waals surface area (Å²) in [6, 6.07) is 12.0. The van der Waals surface area contributed by atoms with Gasteiger partial charge in [-0.15, -0.1) is 11.8 Å². The maximum absolute atomic E-state index is 6.25. The molecule has 0 saturated heterocycles. The highest BCUT2D eigenvalue weighted by Crippen LogP contribution is 2.36. The van der Waals surface area contributed by atoms with E-state index in [4.69, 9.17) is 21.1 Å². The van der Waals surface area contributed by atoms with Crippen LogP contribution in [0.25, 0.3) is 0 Å². The van der Waals surface area contributed by atoms with Crippen molar-refractivity contribution < 1.29 is 9.47 Å². The van der Waals surface area contributed by atoms with Crippen molar-refractivity contribution in [1.82, 2.24) is 0 Å². The van der Waals surface area contributed by atoms with Gasteiger partial charge in [0.25, 0.3) is 0 Å². The van der Waals surface area contributed by atoms with Gasteiger partial charge >= 0.3 is 0 Å². The normalized spacial score (nSPS) is 10.3. The molecule has 21 heavy (non-hydrogen) atoms. The molecule has 2 aromatic rings. The monoisotopic (exact) mass is 323 g/mol. The predicted octanol–water partition coefficient (Wildman–Crippen LogP) is 4.69. The molecular weight excluding hydrogens is 306 g/mol. The summed E-state index contributed by atoms with van der Waals surface area (Å²) in [6.07, 6.45) is 2.07. The molecule has 0 amide bonds. The van der Waals surface area contributed by atoms with Crippen LogP contribution in [-0.4, -0.2) is 20.5 Å². The zero-order valence-corrected chi connectivity index (χ0v) is 13.8. The van der Waals surface area contributed by atoms with Gasteiger partial charge in [-0.25, -0.2) is 0 Å². The van der Waals surface area contributed by atoms with Crippen LogP contribution in [0.2, 0.25) is 5.02 Å². The Bertz CT molecular complexity index is 602. The van der Waals surface area contributed by atoms with Crippen molar-refractivity contribution in [3.05, 3.63) is 47.0 Å². The molecule has 112 valence electrons. The average molecular weight is 324 g/mol. The number of hydrogen-bond acceptors (Lipinski definition) is 4. The Morgan fingerprint density at radius 2 is 1.67 bits per heavy atom. The first kappa shape index (κ1) is 15.9. The van der Waals surface area contributed by atoms with Gasteiger partial charge in [0, 0.05) is 23.6 Å². The number of halogens is 1. The van der Waals surface area contributed by atoms with Crippen molar-refractivity contribution in [3.8, 4) is 11.5 Å². The summed E-state index contributed by atoms with van der Waals surface area (Å²) >= 11 is 7.98. The van der Waals surface area contributed by atoms with E-state index < -0.39 is 0 Å². The topological polar surface area (TPSA) is 30.5 Å². The first-order valence-corrected chi connectivity index (χ1v) is 8.06. The van der Waals surface area contributed by atoms with E-state index in [1.54, 1.807) is 32.0 Å². The van der Waals surface area contributed by atoms with Crippen LogP contribution >= 0.6 is 23.4 Å². The maximum Gasteiger partial charge on any atom is 0.162 e. The van der Waals surface area contributed by atoms with Gasteiger partial charge in [0.1, 0.15) is 0 Å². The lowest BCUT2D eigenvalue weighted by Gasteiger charge is -2.13. The van der Waals surface area contributed by atoms with Crippen LogP contribution in [0.1, 0.15) is 5.56 Å². The SMILES string of the molecule is COc1cc(Cl)c(NCc2ccc(SC)cc2)cc1OC. The molecule has 0 aliphatic heterocycles. The molecule has 0 aliphatic rings. The second-order valence-electron chi connectivity index (χ2n) is 4.39. The summed E-state index contributed by atoms with van der Waals surface area (Å²) in [5.74, 6) is 1.28.